The highest BCUT2D eigenvalue weighted by molar-refractivity contribution is 7.64. The molecule has 2 rings (SSSR count). The van der Waals surface area contributed by atoms with E-state index in [-0.39, 0.29) is 15.8 Å². The van der Waals surface area contributed by atoms with Gasteiger partial charge >= 0.3 is 0 Å². The van der Waals surface area contributed by atoms with Crippen LogP contribution in [0.1, 0.15) is 11.4 Å². The fourth-order valence-electron chi connectivity index (χ4n) is 1.53. The van der Waals surface area contributed by atoms with Gasteiger partial charge in [-0.25, -0.2) is 0 Å². The number of hydrogen-bond acceptors (Lipinski definition) is 2. The van der Waals surface area contributed by atoms with Gasteiger partial charge < -0.3 is 0 Å². The highest BCUT2D eigenvalue weighted by atomic mass is 31.1. The molecule has 2 aromatic heterocycles. The lowest BCUT2D eigenvalue weighted by Crippen LogP contribution is -1.99. The number of rotatable bonds is 2. The molecule has 0 aliphatic carbocycles. The summed E-state index contributed by atoms with van der Waals surface area (Å²) in [6, 6.07) is 8.48. The van der Waals surface area contributed by atoms with E-state index in [0.717, 1.165) is 11.4 Å². The van der Waals surface area contributed by atoms with Crippen LogP contribution in [0.5, 0.6) is 0 Å². The predicted octanol–water partition coefficient (Wildman–Crippen LogP) is 3.51. The Bertz CT molecular complexity index is 522. The van der Waals surface area contributed by atoms with Crippen LogP contribution < -0.4 is 10.6 Å². The topological polar surface area (TPSA) is 25.8 Å². The van der Waals surface area contributed by atoms with E-state index in [2.05, 4.69) is 60.9 Å². The van der Waals surface area contributed by atoms with E-state index in [1.807, 2.05) is 26.2 Å². The third-order valence-electron chi connectivity index (χ3n) is 2.81. The third kappa shape index (κ3) is 6.07. The van der Waals surface area contributed by atoms with Crippen molar-refractivity contribution in [3.8, 4) is 0 Å². The standard InChI is InChI=1S/2C8H12NP/c1-7-6-8(10(2)3)4-5-9-7;1-7-4-5-8(6-9-7)10(2)3/h2*4-6H,1-3H3. The van der Waals surface area contributed by atoms with Gasteiger partial charge in [0.1, 0.15) is 0 Å². The molecule has 0 bridgehead atoms. The monoisotopic (exact) mass is 306 g/mol. The minimum absolute atomic E-state index is 0.0295. The minimum Gasteiger partial charge on any atom is -0.262 e. The first-order valence-corrected chi connectivity index (χ1v) is 11.1. The fraction of sp³-hybridized carbons (Fsp3) is 0.375. The molecule has 0 radical (unpaired) electrons. The Morgan fingerprint density at radius 3 is 1.80 bits per heavy atom. The molecule has 0 amide bonds. The van der Waals surface area contributed by atoms with Gasteiger partial charge in [0.05, 0.1) is 0 Å². The smallest absolute Gasteiger partial charge is 0.0379 e. The first-order chi connectivity index (χ1) is 9.40. The summed E-state index contributed by atoms with van der Waals surface area (Å²) in [6.07, 6.45) is 3.86. The first-order valence-electron chi connectivity index (χ1n) is 6.60. The second-order valence-corrected chi connectivity index (χ2v) is 9.71. The van der Waals surface area contributed by atoms with Crippen LogP contribution in [0.25, 0.3) is 0 Å². The molecule has 0 saturated heterocycles. The second kappa shape index (κ2) is 8.45. The first kappa shape index (κ1) is 17.2. The molecule has 0 N–H and O–H groups in total. The molecule has 0 fully saturated rings. The Morgan fingerprint density at radius 2 is 1.40 bits per heavy atom. The quantitative estimate of drug-likeness (QED) is 0.794. The Hall–Kier alpha value is -0.840. The summed E-state index contributed by atoms with van der Waals surface area (Å²) < 4.78 is 0. The van der Waals surface area contributed by atoms with Gasteiger partial charge in [0.25, 0.3) is 0 Å². The molecule has 2 nitrogen and oxygen atoms in total. The largest absolute Gasteiger partial charge is 0.262 e. The van der Waals surface area contributed by atoms with E-state index < -0.39 is 0 Å². The zero-order valence-electron chi connectivity index (χ0n) is 13.3. The highest BCUT2D eigenvalue weighted by Gasteiger charge is 1.96. The maximum absolute atomic E-state index is 4.22. The number of hydrogen-bond donors (Lipinski definition) is 0. The fourth-order valence-corrected chi connectivity index (χ4v) is 3.00. The summed E-state index contributed by atoms with van der Waals surface area (Å²) in [5.74, 6) is 0. The van der Waals surface area contributed by atoms with E-state index in [9.17, 15) is 0 Å². The molecular weight excluding hydrogens is 282 g/mol. The molecular formula is C16H24N2P2. The van der Waals surface area contributed by atoms with Gasteiger partial charge in [0.15, 0.2) is 0 Å². The molecule has 0 aliphatic heterocycles. The van der Waals surface area contributed by atoms with Gasteiger partial charge in [0.2, 0.25) is 0 Å². The minimum atomic E-state index is 0.0295. The number of nitrogens with zero attached hydrogens (tertiary/aromatic N) is 2. The molecule has 20 heavy (non-hydrogen) atoms. The normalized spacial score (nSPS) is 10.4. The molecule has 2 heterocycles. The summed E-state index contributed by atoms with van der Waals surface area (Å²) in [6.45, 7) is 13.0. The summed E-state index contributed by atoms with van der Waals surface area (Å²) in [5.41, 5.74) is 2.22. The van der Waals surface area contributed by atoms with Crippen LogP contribution >= 0.6 is 15.8 Å². The molecule has 0 aliphatic rings. The molecule has 2 aromatic rings. The molecule has 4 heteroatoms. The van der Waals surface area contributed by atoms with E-state index in [1.165, 1.54) is 10.6 Å². The van der Waals surface area contributed by atoms with Crippen molar-refractivity contribution >= 4 is 26.5 Å². The molecule has 0 unspecified atom stereocenters. The van der Waals surface area contributed by atoms with Crippen molar-refractivity contribution in [3.63, 3.8) is 0 Å². The van der Waals surface area contributed by atoms with Crippen LogP contribution in [0.2, 0.25) is 0 Å². The molecule has 0 aromatic carbocycles. The van der Waals surface area contributed by atoms with Crippen LogP contribution in [-0.4, -0.2) is 36.6 Å². The van der Waals surface area contributed by atoms with Gasteiger partial charge in [0, 0.05) is 23.8 Å². The van der Waals surface area contributed by atoms with Gasteiger partial charge in [-0.05, 0) is 69.3 Å². The third-order valence-corrected chi connectivity index (χ3v) is 5.42. The molecule has 0 spiro atoms. The van der Waals surface area contributed by atoms with Gasteiger partial charge in [-0.15, -0.1) is 0 Å². The number of pyridine rings is 2. The Balaban J connectivity index is 0.000000200. The van der Waals surface area contributed by atoms with Crippen molar-refractivity contribution < 1.29 is 0 Å². The van der Waals surface area contributed by atoms with Crippen LogP contribution in [0, 0.1) is 13.8 Å². The lowest BCUT2D eigenvalue weighted by atomic mass is 10.4. The highest BCUT2D eigenvalue weighted by Crippen LogP contribution is 2.22. The van der Waals surface area contributed by atoms with Gasteiger partial charge in [-0.2, -0.15) is 0 Å². The van der Waals surface area contributed by atoms with Crippen LogP contribution in [-0.2, 0) is 0 Å². The molecule has 0 saturated carbocycles. The summed E-state index contributed by atoms with van der Waals surface area (Å²) in [5, 5.41) is 2.81. The van der Waals surface area contributed by atoms with Gasteiger partial charge in [-0.1, -0.05) is 21.9 Å². The molecule has 0 atom stereocenters. The zero-order valence-corrected chi connectivity index (χ0v) is 15.0. The maximum atomic E-state index is 4.22. The molecule has 108 valence electrons. The number of aromatic nitrogens is 2. The van der Waals surface area contributed by atoms with Crippen LogP contribution in [0.4, 0.5) is 0 Å². The van der Waals surface area contributed by atoms with E-state index >= 15 is 0 Å². The van der Waals surface area contributed by atoms with Gasteiger partial charge in [-0.3, -0.25) is 9.97 Å². The number of aryl methyl sites for hydroxylation is 2. The van der Waals surface area contributed by atoms with Crippen molar-refractivity contribution in [2.75, 3.05) is 26.7 Å². The Morgan fingerprint density at radius 1 is 0.750 bits per heavy atom. The second-order valence-electron chi connectivity index (χ2n) is 5.10. The average Bonchev–Trinajstić information content (AvgIpc) is 2.40. The lowest BCUT2D eigenvalue weighted by Gasteiger charge is -2.04. The summed E-state index contributed by atoms with van der Waals surface area (Å²) >= 11 is 0. The van der Waals surface area contributed by atoms with E-state index in [1.54, 1.807) is 0 Å². The zero-order chi connectivity index (χ0) is 15.1. The predicted molar refractivity (Wildman–Crippen MR) is 94.8 cm³/mol. The maximum Gasteiger partial charge on any atom is 0.0379 e. The van der Waals surface area contributed by atoms with Crippen molar-refractivity contribution in [1.82, 2.24) is 9.97 Å². The van der Waals surface area contributed by atoms with E-state index in [0.29, 0.717) is 0 Å². The average molecular weight is 306 g/mol. The Kier molecular flexibility index (Phi) is 7.27. The SMILES string of the molecule is Cc1cc(P(C)C)ccn1.Cc1ccc(P(C)C)cn1. The lowest BCUT2D eigenvalue weighted by molar-refractivity contribution is 1.21. The van der Waals surface area contributed by atoms with Crippen molar-refractivity contribution in [3.05, 3.63) is 48.0 Å². The Labute approximate surface area is 125 Å². The van der Waals surface area contributed by atoms with E-state index in [4.69, 9.17) is 0 Å². The van der Waals surface area contributed by atoms with Crippen LogP contribution in [0.3, 0.4) is 0 Å². The van der Waals surface area contributed by atoms with Crippen molar-refractivity contribution in [2.24, 2.45) is 0 Å². The van der Waals surface area contributed by atoms with Crippen molar-refractivity contribution in [1.29, 1.82) is 0 Å². The van der Waals surface area contributed by atoms with Crippen molar-refractivity contribution in [2.45, 2.75) is 13.8 Å². The van der Waals surface area contributed by atoms with Crippen LogP contribution in [0.15, 0.2) is 36.7 Å². The summed E-state index contributed by atoms with van der Waals surface area (Å²) in [7, 11) is 0.0778. The summed E-state index contributed by atoms with van der Waals surface area (Å²) in [4.78, 5) is 8.35.